The van der Waals surface area contributed by atoms with Crippen LogP contribution in [0.15, 0.2) is 12.3 Å². The van der Waals surface area contributed by atoms with Gasteiger partial charge in [-0.3, -0.25) is 0 Å². The molecule has 0 saturated carbocycles. The number of aromatic nitrogens is 1. The molecule has 0 fully saturated rings. The van der Waals surface area contributed by atoms with Crippen molar-refractivity contribution in [3.05, 3.63) is 22.8 Å². The monoisotopic (exact) mass is 243 g/mol. The van der Waals surface area contributed by atoms with E-state index in [2.05, 4.69) is 22.5 Å². The highest BCUT2D eigenvalue weighted by atomic mass is 35.5. The lowest BCUT2D eigenvalue weighted by molar-refractivity contribution is 0.210. The van der Waals surface area contributed by atoms with Crippen LogP contribution < -0.4 is 10.6 Å². The molecule has 0 aliphatic rings. The maximum atomic E-state index is 6.04. The predicted molar refractivity (Wildman–Crippen MR) is 67.0 cm³/mol. The zero-order valence-corrected chi connectivity index (χ0v) is 10.5. The Bertz CT molecular complexity index is 320. The van der Waals surface area contributed by atoms with E-state index >= 15 is 0 Å². The van der Waals surface area contributed by atoms with E-state index in [1.807, 2.05) is 6.07 Å². The van der Waals surface area contributed by atoms with Crippen molar-refractivity contribution in [1.82, 2.24) is 10.3 Å². The molecule has 0 atom stereocenters. The SMILES string of the molecule is CCNCc1cc(NCCOC)ncc1Cl. The van der Waals surface area contributed by atoms with Gasteiger partial charge in [-0.15, -0.1) is 0 Å². The zero-order valence-electron chi connectivity index (χ0n) is 9.72. The number of nitrogens with zero attached hydrogens (tertiary/aromatic N) is 1. The topological polar surface area (TPSA) is 46.2 Å². The number of ether oxygens (including phenoxy) is 1. The van der Waals surface area contributed by atoms with Gasteiger partial charge in [-0.05, 0) is 18.2 Å². The molecule has 1 aromatic heterocycles. The van der Waals surface area contributed by atoms with Crippen LogP contribution in [-0.2, 0) is 11.3 Å². The Hall–Kier alpha value is -0.840. The molecule has 0 spiro atoms. The standard InChI is InChI=1S/C11H18ClN3O/c1-3-13-7-9-6-11(14-4-5-16-2)15-8-10(9)12/h6,8,13H,3-5,7H2,1-2H3,(H,14,15). The lowest BCUT2D eigenvalue weighted by Gasteiger charge is -2.09. The van der Waals surface area contributed by atoms with E-state index in [1.165, 1.54) is 0 Å². The second-order valence-corrected chi connectivity index (χ2v) is 3.77. The minimum atomic E-state index is 0.660. The van der Waals surface area contributed by atoms with Crippen molar-refractivity contribution in [3.63, 3.8) is 0 Å². The molecule has 1 heterocycles. The van der Waals surface area contributed by atoms with Crippen LogP contribution in [0.25, 0.3) is 0 Å². The van der Waals surface area contributed by atoms with Gasteiger partial charge in [0.25, 0.3) is 0 Å². The second kappa shape index (κ2) is 7.44. The van der Waals surface area contributed by atoms with Crippen molar-refractivity contribution in [1.29, 1.82) is 0 Å². The fourth-order valence-electron chi connectivity index (χ4n) is 1.25. The molecule has 0 saturated heterocycles. The van der Waals surface area contributed by atoms with Crippen molar-refractivity contribution in [2.75, 3.05) is 32.1 Å². The molecule has 90 valence electrons. The van der Waals surface area contributed by atoms with Crippen LogP contribution in [0.3, 0.4) is 0 Å². The number of halogens is 1. The first-order valence-electron chi connectivity index (χ1n) is 5.36. The molecular formula is C11H18ClN3O. The Balaban J connectivity index is 2.58. The van der Waals surface area contributed by atoms with Crippen molar-refractivity contribution < 1.29 is 4.74 Å². The molecular weight excluding hydrogens is 226 g/mol. The summed E-state index contributed by atoms with van der Waals surface area (Å²) in [6.45, 7) is 5.15. The van der Waals surface area contributed by atoms with Crippen LogP contribution in [0.4, 0.5) is 5.82 Å². The van der Waals surface area contributed by atoms with Crippen LogP contribution in [0.2, 0.25) is 5.02 Å². The first-order valence-corrected chi connectivity index (χ1v) is 5.73. The first-order chi connectivity index (χ1) is 7.77. The molecule has 0 aliphatic heterocycles. The van der Waals surface area contributed by atoms with Gasteiger partial charge in [0.15, 0.2) is 0 Å². The van der Waals surface area contributed by atoms with Crippen LogP contribution in [0.5, 0.6) is 0 Å². The van der Waals surface area contributed by atoms with E-state index in [1.54, 1.807) is 13.3 Å². The van der Waals surface area contributed by atoms with Crippen LogP contribution in [0.1, 0.15) is 12.5 Å². The summed E-state index contributed by atoms with van der Waals surface area (Å²) in [5.74, 6) is 0.828. The van der Waals surface area contributed by atoms with Gasteiger partial charge in [0.2, 0.25) is 0 Å². The second-order valence-electron chi connectivity index (χ2n) is 3.36. The molecule has 16 heavy (non-hydrogen) atoms. The van der Waals surface area contributed by atoms with Crippen LogP contribution in [0, 0.1) is 0 Å². The summed E-state index contributed by atoms with van der Waals surface area (Å²) in [5.41, 5.74) is 1.05. The van der Waals surface area contributed by atoms with E-state index in [-0.39, 0.29) is 0 Å². The molecule has 5 heteroatoms. The number of rotatable bonds is 7. The van der Waals surface area contributed by atoms with Crippen molar-refractivity contribution in [2.45, 2.75) is 13.5 Å². The largest absolute Gasteiger partial charge is 0.383 e. The molecule has 1 aromatic rings. The smallest absolute Gasteiger partial charge is 0.126 e. The van der Waals surface area contributed by atoms with Gasteiger partial charge in [-0.25, -0.2) is 4.98 Å². The Morgan fingerprint density at radius 3 is 3.00 bits per heavy atom. The highest BCUT2D eigenvalue weighted by Crippen LogP contribution is 2.17. The van der Waals surface area contributed by atoms with Crippen molar-refractivity contribution >= 4 is 17.4 Å². The lowest BCUT2D eigenvalue weighted by Crippen LogP contribution is -2.13. The molecule has 0 radical (unpaired) electrons. The number of pyridine rings is 1. The van der Waals surface area contributed by atoms with Gasteiger partial charge >= 0.3 is 0 Å². The Morgan fingerprint density at radius 2 is 2.31 bits per heavy atom. The average Bonchev–Trinajstić information content (AvgIpc) is 2.30. The third-order valence-electron chi connectivity index (χ3n) is 2.11. The summed E-state index contributed by atoms with van der Waals surface area (Å²) >= 11 is 6.04. The van der Waals surface area contributed by atoms with E-state index in [9.17, 15) is 0 Å². The van der Waals surface area contributed by atoms with E-state index in [0.717, 1.165) is 31.0 Å². The van der Waals surface area contributed by atoms with Gasteiger partial charge in [-0.2, -0.15) is 0 Å². The van der Waals surface area contributed by atoms with E-state index in [0.29, 0.717) is 11.6 Å². The molecule has 0 aliphatic carbocycles. The zero-order chi connectivity index (χ0) is 11.8. The fourth-order valence-corrected chi connectivity index (χ4v) is 1.42. The predicted octanol–water partition coefficient (Wildman–Crippen LogP) is 1.90. The third-order valence-corrected chi connectivity index (χ3v) is 2.45. The summed E-state index contributed by atoms with van der Waals surface area (Å²) in [4.78, 5) is 4.19. The van der Waals surface area contributed by atoms with E-state index in [4.69, 9.17) is 16.3 Å². The summed E-state index contributed by atoms with van der Waals surface area (Å²) in [6.07, 6.45) is 1.67. The van der Waals surface area contributed by atoms with Crippen molar-refractivity contribution in [2.24, 2.45) is 0 Å². The Labute approximate surface area is 101 Å². The maximum Gasteiger partial charge on any atom is 0.126 e. The number of anilines is 1. The number of methoxy groups -OCH3 is 1. The molecule has 0 bridgehead atoms. The minimum absolute atomic E-state index is 0.660. The summed E-state index contributed by atoms with van der Waals surface area (Å²) < 4.78 is 4.95. The summed E-state index contributed by atoms with van der Waals surface area (Å²) in [5, 5.41) is 7.10. The molecule has 0 aromatic carbocycles. The summed E-state index contributed by atoms with van der Waals surface area (Å²) in [7, 11) is 1.67. The highest BCUT2D eigenvalue weighted by Gasteiger charge is 2.02. The number of hydrogen-bond acceptors (Lipinski definition) is 4. The molecule has 0 amide bonds. The highest BCUT2D eigenvalue weighted by molar-refractivity contribution is 6.31. The van der Waals surface area contributed by atoms with Gasteiger partial charge in [-0.1, -0.05) is 18.5 Å². The minimum Gasteiger partial charge on any atom is -0.383 e. The quantitative estimate of drug-likeness (QED) is 0.719. The number of hydrogen-bond donors (Lipinski definition) is 2. The van der Waals surface area contributed by atoms with Gasteiger partial charge in [0.05, 0.1) is 11.6 Å². The number of nitrogens with one attached hydrogen (secondary N) is 2. The Kier molecular flexibility index (Phi) is 6.15. The molecule has 4 nitrogen and oxygen atoms in total. The van der Waals surface area contributed by atoms with Gasteiger partial charge in [0, 0.05) is 26.4 Å². The normalized spacial score (nSPS) is 10.4. The Morgan fingerprint density at radius 1 is 1.50 bits per heavy atom. The van der Waals surface area contributed by atoms with Gasteiger partial charge < -0.3 is 15.4 Å². The third kappa shape index (κ3) is 4.35. The fraction of sp³-hybridized carbons (Fsp3) is 0.545. The summed E-state index contributed by atoms with van der Waals surface area (Å²) in [6, 6.07) is 1.96. The van der Waals surface area contributed by atoms with Crippen LogP contribution in [-0.4, -0.2) is 31.8 Å². The average molecular weight is 244 g/mol. The van der Waals surface area contributed by atoms with Crippen molar-refractivity contribution in [3.8, 4) is 0 Å². The van der Waals surface area contributed by atoms with Gasteiger partial charge in [0.1, 0.15) is 5.82 Å². The first kappa shape index (κ1) is 13.2. The van der Waals surface area contributed by atoms with E-state index < -0.39 is 0 Å². The molecule has 0 unspecified atom stereocenters. The molecule has 2 N–H and O–H groups in total. The lowest BCUT2D eigenvalue weighted by atomic mass is 10.2. The maximum absolute atomic E-state index is 6.04. The molecule has 1 rings (SSSR count). The van der Waals surface area contributed by atoms with Crippen LogP contribution >= 0.6 is 11.6 Å².